The van der Waals surface area contributed by atoms with Crippen LogP contribution in [0.2, 0.25) is 0 Å². The molecule has 1 aromatic rings. The fourth-order valence-electron chi connectivity index (χ4n) is 5.21. The van der Waals surface area contributed by atoms with Gasteiger partial charge in [0.15, 0.2) is 0 Å². The molecule has 0 unspecified atom stereocenters. The number of hydrogen-bond donors (Lipinski definition) is 3. The quantitative estimate of drug-likeness (QED) is 0.274. The molecule has 3 N–H and O–H groups in total. The van der Waals surface area contributed by atoms with Gasteiger partial charge in [-0.25, -0.2) is 0 Å². The third-order valence-corrected chi connectivity index (χ3v) is 7.20. The van der Waals surface area contributed by atoms with Crippen molar-refractivity contribution in [1.29, 1.82) is 0 Å². The normalized spacial score (nSPS) is 27.2. The summed E-state index contributed by atoms with van der Waals surface area (Å²) < 4.78 is 0. The van der Waals surface area contributed by atoms with Crippen molar-refractivity contribution in [3.63, 3.8) is 0 Å². The van der Waals surface area contributed by atoms with Crippen molar-refractivity contribution < 1.29 is 15.0 Å². The Bertz CT molecular complexity index is 879. The van der Waals surface area contributed by atoms with Crippen LogP contribution < -0.4 is 5.32 Å². The van der Waals surface area contributed by atoms with Crippen LogP contribution in [-0.4, -0.2) is 28.3 Å². The molecule has 2 aliphatic carbocycles. The van der Waals surface area contributed by atoms with Gasteiger partial charge in [0.25, 0.3) is 0 Å². The molecule has 0 heterocycles. The Labute approximate surface area is 199 Å². The van der Waals surface area contributed by atoms with E-state index in [0.717, 1.165) is 37.7 Å². The molecule has 0 bridgehead atoms. The zero-order valence-electron chi connectivity index (χ0n) is 20.0. The van der Waals surface area contributed by atoms with Gasteiger partial charge in [-0.05, 0) is 62.3 Å². The van der Waals surface area contributed by atoms with Gasteiger partial charge in [-0.2, -0.15) is 0 Å². The van der Waals surface area contributed by atoms with E-state index in [0.29, 0.717) is 31.2 Å². The molecule has 4 nitrogen and oxygen atoms in total. The van der Waals surface area contributed by atoms with E-state index in [1.807, 2.05) is 50.3 Å². The Balaban J connectivity index is 1.41. The highest BCUT2D eigenvalue weighted by Crippen LogP contribution is 2.50. The highest BCUT2D eigenvalue weighted by Gasteiger charge is 2.44. The van der Waals surface area contributed by atoms with Gasteiger partial charge in [-0.1, -0.05) is 61.1 Å². The van der Waals surface area contributed by atoms with Crippen molar-refractivity contribution in [2.45, 2.75) is 77.5 Å². The number of amides is 1. The molecule has 0 spiro atoms. The van der Waals surface area contributed by atoms with Gasteiger partial charge in [-0.15, -0.1) is 11.8 Å². The summed E-state index contributed by atoms with van der Waals surface area (Å²) in [6, 6.07) is 9.97. The number of rotatable bonds is 10. The molecule has 0 saturated heterocycles. The minimum Gasteiger partial charge on any atom is -0.392 e. The van der Waals surface area contributed by atoms with Crippen molar-refractivity contribution in [1.82, 2.24) is 5.32 Å². The number of hydrogen-bond acceptors (Lipinski definition) is 3. The number of fused-ring (bicyclic) bond motifs is 1. The van der Waals surface area contributed by atoms with E-state index < -0.39 is 6.10 Å². The van der Waals surface area contributed by atoms with Crippen molar-refractivity contribution in [2.24, 2.45) is 23.7 Å². The summed E-state index contributed by atoms with van der Waals surface area (Å²) in [5.74, 6) is 7.19. The summed E-state index contributed by atoms with van der Waals surface area (Å²) in [6.07, 6.45) is 11.3. The molecule has 0 radical (unpaired) electrons. The minimum absolute atomic E-state index is 0.0898. The molecule has 0 aromatic heterocycles. The second-order valence-electron chi connectivity index (χ2n) is 9.71. The highest BCUT2D eigenvalue weighted by molar-refractivity contribution is 5.75. The second kappa shape index (κ2) is 12.8. The van der Waals surface area contributed by atoms with Gasteiger partial charge in [0.2, 0.25) is 5.91 Å². The van der Waals surface area contributed by atoms with E-state index in [1.54, 1.807) is 0 Å². The zero-order chi connectivity index (χ0) is 23.6. The van der Waals surface area contributed by atoms with Crippen LogP contribution in [0.1, 0.15) is 64.4 Å². The van der Waals surface area contributed by atoms with Crippen LogP contribution in [-0.2, 0) is 11.3 Å². The van der Waals surface area contributed by atoms with E-state index in [1.165, 1.54) is 5.57 Å². The Morgan fingerprint density at radius 1 is 1.27 bits per heavy atom. The van der Waals surface area contributed by atoms with E-state index in [2.05, 4.69) is 29.3 Å². The van der Waals surface area contributed by atoms with Crippen molar-refractivity contribution in [3.05, 3.63) is 59.7 Å². The molecular weight excluding hydrogens is 410 g/mol. The maximum atomic E-state index is 12.1. The van der Waals surface area contributed by atoms with E-state index in [4.69, 9.17) is 0 Å². The van der Waals surface area contributed by atoms with Crippen LogP contribution in [0.3, 0.4) is 0 Å². The average Bonchev–Trinajstić information content (AvgIpc) is 3.34. The number of unbranched alkanes of at least 4 members (excludes halogenated alkanes) is 1. The third-order valence-electron chi connectivity index (χ3n) is 7.20. The topological polar surface area (TPSA) is 69.6 Å². The van der Waals surface area contributed by atoms with Crippen molar-refractivity contribution in [3.8, 4) is 11.8 Å². The summed E-state index contributed by atoms with van der Waals surface area (Å²) in [5.41, 5.74) is 2.58. The first-order chi connectivity index (χ1) is 16.0. The van der Waals surface area contributed by atoms with E-state index in [9.17, 15) is 15.0 Å². The maximum Gasteiger partial charge on any atom is 0.220 e. The van der Waals surface area contributed by atoms with Gasteiger partial charge in [0, 0.05) is 25.3 Å². The predicted octanol–water partition coefficient (Wildman–Crippen LogP) is 4.77. The van der Waals surface area contributed by atoms with Gasteiger partial charge >= 0.3 is 0 Å². The summed E-state index contributed by atoms with van der Waals surface area (Å²) >= 11 is 0. The molecule has 2 aliphatic rings. The molecule has 3 rings (SSSR count). The Hall–Kier alpha value is -2.35. The van der Waals surface area contributed by atoms with Gasteiger partial charge in [0.1, 0.15) is 0 Å². The lowest BCUT2D eigenvalue weighted by Gasteiger charge is -2.19. The van der Waals surface area contributed by atoms with Gasteiger partial charge in [-0.3, -0.25) is 4.79 Å². The first-order valence-corrected chi connectivity index (χ1v) is 12.4. The highest BCUT2D eigenvalue weighted by atomic mass is 16.3. The molecule has 1 aromatic carbocycles. The molecule has 2 saturated carbocycles. The molecule has 33 heavy (non-hydrogen) atoms. The number of carbonyl (C=O) groups excluding carboxylic acids is 1. The van der Waals surface area contributed by atoms with Crippen LogP contribution in [0.5, 0.6) is 0 Å². The van der Waals surface area contributed by atoms with E-state index in [-0.39, 0.29) is 23.8 Å². The Morgan fingerprint density at radius 3 is 2.82 bits per heavy atom. The third kappa shape index (κ3) is 7.59. The Kier molecular flexibility index (Phi) is 9.78. The number of carbonyl (C=O) groups is 1. The average molecular weight is 450 g/mol. The lowest BCUT2D eigenvalue weighted by atomic mass is 9.89. The standard InChI is InChI=1S/C29H39NO3/c1-3-4-10-21(2)27(31)16-15-25-26-18-23(17-24(26)19-28(25)32)13-8-9-14-29(33)30-20-22-11-6-5-7-12-22/h5-7,11-13,15-16,21,24-28,31-32H,8-10,14,17-20H2,1-2H3,(H,30,33)/t21-,24-,25+,26-,27+,28+/m0/s1. The number of allylic oxidation sites excluding steroid dienone is 2. The Morgan fingerprint density at radius 2 is 2.06 bits per heavy atom. The monoisotopic (exact) mass is 449 g/mol. The van der Waals surface area contributed by atoms with Crippen LogP contribution in [0.4, 0.5) is 0 Å². The predicted molar refractivity (Wildman–Crippen MR) is 133 cm³/mol. The molecule has 1 amide bonds. The van der Waals surface area contributed by atoms with Crippen LogP contribution in [0.25, 0.3) is 0 Å². The molecule has 6 atom stereocenters. The minimum atomic E-state index is -0.526. The molecule has 0 aliphatic heterocycles. The number of aliphatic hydroxyl groups excluding tert-OH is 2. The van der Waals surface area contributed by atoms with E-state index >= 15 is 0 Å². The van der Waals surface area contributed by atoms with Crippen molar-refractivity contribution in [2.75, 3.05) is 0 Å². The number of nitrogens with one attached hydrogen (secondary N) is 1. The number of aliphatic hydroxyl groups is 2. The molecule has 2 fully saturated rings. The molecule has 4 heteroatoms. The summed E-state index contributed by atoms with van der Waals surface area (Å²) in [4.78, 5) is 12.1. The first-order valence-electron chi connectivity index (χ1n) is 12.4. The lowest BCUT2D eigenvalue weighted by Crippen LogP contribution is -2.22. The molecular formula is C29H39NO3. The fraction of sp³-hybridized carbons (Fsp3) is 0.552. The molecule has 178 valence electrons. The smallest absolute Gasteiger partial charge is 0.220 e. The van der Waals surface area contributed by atoms with Crippen LogP contribution in [0, 0.1) is 35.5 Å². The second-order valence-corrected chi connectivity index (χ2v) is 9.71. The van der Waals surface area contributed by atoms with Crippen molar-refractivity contribution >= 4 is 5.91 Å². The van der Waals surface area contributed by atoms with Gasteiger partial charge < -0.3 is 15.5 Å². The lowest BCUT2D eigenvalue weighted by molar-refractivity contribution is -0.121. The maximum absolute atomic E-state index is 12.1. The summed E-state index contributed by atoms with van der Waals surface area (Å²) in [7, 11) is 0. The zero-order valence-corrected chi connectivity index (χ0v) is 20.0. The first kappa shape index (κ1) is 25.3. The summed E-state index contributed by atoms with van der Waals surface area (Å²) in [6.45, 7) is 4.41. The van der Waals surface area contributed by atoms with Gasteiger partial charge in [0.05, 0.1) is 12.2 Å². The largest absolute Gasteiger partial charge is 0.392 e. The van der Waals surface area contributed by atoms with Crippen LogP contribution >= 0.6 is 0 Å². The van der Waals surface area contributed by atoms with Crippen LogP contribution in [0.15, 0.2) is 54.1 Å². The SMILES string of the molecule is CC#CC[C@H](C)[C@H](O)C=C[C@@H]1[C@H]2CC(=CCCCC(=O)NCc3ccccc3)C[C@H]2C[C@H]1O. The summed E-state index contributed by atoms with van der Waals surface area (Å²) in [5, 5.41) is 23.9. The fourth-order valence-corrected chi connectivity index (χ4v) is 5.21. The number of benzene rings is 1.